The van der Waals surface area contributed by atoms with E-state index in [1.54, 1.807) is 24.3 Å². The van der Waals surface area contributed by atoms with Gasteiger partial charge in [-0.15, -0.1) is 0 Å². The molecule has 1 aromatic heterocycles. The van der Waals surface area contributed by atoms with Crippen molar-refractivity contribution in [2.75, 3.05) is 11.9 Å². The number of para-hydroxylation sites is 1. The molecule has 1 heterocycles. The number of hydrogen-bond donors (Lipinski definition) is 3. The van der Waals surface area contributed by atoms with Crippen molar-refractivity contribution in [1.29, 1.82) is 0 Å². The summed E-state index contributed by atoms with van der Waals surface area (Å²) in [4.78, 5) is 23.6. The number of carbonyl (C=O) groups is 2. The van der Waals surface area contributed by atoms with E-state index in [-0.39, 0.29) is 23.9 Å². The third-order valence-electron chi connectivity index (χ3n) is 3.62. The largest absolute Gasteiger partial charge is 0.483 e. The maximum absolute atomic E-state index is 12.1. The average Bonchev–Trinajstić information content (AvgIpc) is 3.12. The number of nitrogens with two attached hydrogens (primary N) is 1. The van der Waals surface area contributed by atoms with Gasteiger partial charge in [0, 0.05) is 11.3 Å². The molecule has 2 amide bonds. The number of aromatic nitrogens is 3. The van der Waals surface area contributed by atoms with Gasteiger partial charge in [-0.05, 0) is 31.2 Å². The molecule has 4 N–H and O–H groups in total. The number of nitrogens with one attached hydrogen (secondary N) is 2. The van der Waals surface area contributed by atoms with Crippen LogP contribution in [-0.2, 0) is 4.79 Å². The molecule has 0 bridgehead atoms. The summed E-state index contributed by atoms with van der Waals surface area (Å²) in [5.74, 6) is -0.623. The first-order chi connectivity index (χ1) is 12.5. The molecule has 0 fully saturated rings. The highest BCUT2D eigenvalue weighted by Crippen LogP contribution is 2.29. The number of nitrogens with zero attached hydrogens (tertiary/aromatic N) is 2. The highest BCUT2D eigenvalue weighted by Gasteiger charge is 2.18. The number of hydrogen-bond acceptors (Lipinski definition) is 5. The van der Waals surface area contributed by atoms with E-state index in [2.05, 4.69) is 20.7 Å². The number of benzene rings is 2. The molecule has 0 aliphatic rings. The van der Waals surface area contributed by atoms with Gasteiger partial charge in [0.25, 0.3) is 11.8 Å². The third kappa shape index (κ3) is 3.86. The van der Waals surface area contributed by atoms with Crippen LogP contribution in [0, 0.1) is 6.92 Å². The summed E-state index contributed by atoms with van der Waals surface area (Å²) in [6.45, 7) is 1.77. The highest BCUT2D eigenvalue weighted by atomic mass is 16.5. The summed E-state index contributed by atoms with van der Waals surface area (Å²) in [5.41, 5.74) is 7.87. The van der Waals surface area contributed by atoms with Crippen molar-refractivity contribution in [3.8, 4) is 17.0 Å². The van der Waals surface area contributed by atoms with Crippen LogP contribution >= 0.6 is 0 Å². The number of aryl methyl sites for hydroxylation is 1. The smallest absolute Gasteiger partial charge is 0.271 e. The molecular formula is C18H17N5O3. The van der Waals surface area contributed by atoms with E-state index in [0.29, 0.717) is 17.0 Å². The number of primary amides is 1. The summed E-state index contributed by atoms with van der Waals surface area (Å²) >= 11 is 0. The lowest BCUT2D eigenvalue weighted by molar-refractivity contribution is -0.118. The van der Waals surface area contributed by atoms with E-state index in [1.807, 2.05) is 31.2 Å². The van der Waals surface area contributed by atoms with E-state index >= 15 is 0 Å². The van der Waals surface area contributed by atoms with E-state index < -0.39 is 5.91 Å². The molecule has 0 radical (unpaired) electrons. The van der Waals surface area contributed by atoms with Crippen molar-refractivity contribution >= 4 is 17.5 Å². The van der Waals surface area contributed by atoms with Crippen molar-refractivity contribution < 1.29 is 14.3 Å². The lowest BCUT2D eigenvalue weighted by Crippen LogP contribution is -2.20. The first-order valence-corrected chi connectivity index (χ1v) is 7.84. The Morgan fingerprint density at radius 3 is 2.58 bits per heavy atom. The minimum Gasteiger partial charge on any atom is -0.483 e. The molecule has 132 valence electrons. The fourth-order valence-electron chi connectivity index (χ4n) is 2.36. The monoisotopic (exact) mass is 351 g/mol. The molecule has 0 aliphatic carbocycles. The quantitative estimate of drug-likeness (QED) is 0.626. The molecule has 0 saturated heterocycles. The van der Waals surface area contributed by atoms with Gasteiger partial charge in [-0.25, -0.2) is 0 Å². The summed E-state index contributed by atoms with van der Waals surface area (Å²) in [6.07, 6.45) is 0. The van der Waals surface area contributed by atoms with Gasteiger partial charge in [0.2, 0.25) is 0 Å². The van der Waals surface area contributed by atoms with Gasteiger partial charge in [0.05, 0.1) is 0 Å². The lowest BCUT2D eigenvalue weighted by Gasteiger charge is -2.11. The van der Waals surface area contributed by atoms with Gasteiger partial charge in [-0.3, -0.25) is 9.59 Å². The van der Waals surface area contributed by atoms with Crippen molar-refractivity contribution in [2.24, 2.45) is 5.73 Å². The Balaban J connectivity index is 1.72. The maximum atomic E-state index is 12.1. The number of rotatable bonds is 6. The number of aromatic amines is 1. The predicted molar refractivity (Wildman–Crippen MR) is 95.6 cm³/mol. The third-order valence-corrected chi connectivity index (χ3v) is 3.62. The second-order valence-corrected chi connectivity index (χ2v) is 5.58. The Kier molecular flexibility index (Phi) is 4.93. The van der Waals surface area contributed by atoms with Crippen molar-refractivity contribution in [1.82, 2.24) is 15.4 Å². The van der Waals surface area contributed by atoms with Crippen LogP contribution in [0.4, 0.5) is 5.69 Å². The summed E-state index contributed by atoms with van der Waals surface area (Å²) in [5, 5.41) is 12.8. The van der Waals surface area contributed by atoms with Crippen molar-refractivity contribution in [2.45, 2.75) is 6.92 Å². The van der Waals surface area contributed by atoms with Crippen molar-refractivity contribution in [3.63, 3.8) is 0 Å². The van der Waals surface area contributed by atoms with Crippen LogP contribution in [-0.4, -0.2) is 33.8 Å². The molecule has 0 atom stereocenters. The van der Waals surface area contributed by atoms with Crippen LogP contribution < -0.4 is 15.8 Å². The van der Waals surface area contributed by atoms with Crippen LogP contribution in [0.3, 0.4) is 0 Å². The Hall–Kier alpha value is -3.68. The number of anilines is 1. The van der Waals surface area contributed by atoms with Gasteiger partial charge < -0.3 is 15.8 Å². The van der Waals surface area contributed by atoms with E-state index in [4.69, 9.17) is 10.5 Å². The number of ether oxygens (including phenoxy) is 1. The minimum atomic E-state index is -0.708. The zero-order valence-electron chi connectivity index (χ0n) is 14.0. The van der Waals surface area contributed by atoms with Crippen LogP contribution in [0.1, 0.15) is 16.1 Å². The molecule has 8 nitrogen and oxygen atoms in total. The fourth-order valence-corrected chi connectivity index (χ4v) is 2.36. The van der Waals surface area contributed by atoms with Gasteiger partial charge in [0.1, 0.15) is 11.4 Å². The lowest BCUT2D eigenvalue weighted by atomic mass is 10.1. The number of amides is 2. The molecular weight excluding hydrogens is 334 g/mol. The topological polar surface area (TPSA) is 123 Å². The van der Waals surface area contributed by atoms with Crippen LogP contribution in [0.15, 0.2) is 48.5 Å². The SMILES string of the molecule is Cc1ccc(NC(=O)COc2ccccc2-c2n[nH]nc2C(N)=O)cc1. The standard InChI is InChI=1S/C18H17N5O3/c1-11-6-8-12(9-7-11)20-15(24)10-26-14-5-3-2-4-13(14)16-17(18(19)25)22-23-21-16/h2-9H,10H2,1H3,(H2,19,25)(H,20,24)(H,21,22,23). The van der Waals surface area contributed by atoms with Crippen molar-refractivity contribution in [3.05, 3.63) is 59.8 Å². The van der Waals surface area contributed by atoms with E-state index in [9.17, 15) is 9.59 Å². The van der Waals surface area contributed by atoms with Gasteiger partial charge >= 0.3 is 0 Å². The summed E-state index contributed by atoms with van der Waals surface area (Å²) < 4.78 is 5.61. The number of carbonyl (C=O) groups excluding carboxylic acids is 2. The summed E-state index contributed by atoms with van der Waals surface area (Å²) in [6, 6.07) is 14.3. The summed E-state index contributed by atoms with van der Waals surface area (Å²) in [7, 11) is 0. The molecule has 0 saturated carbocycles. The van der Waals surface area contributed by atoms with Gasteiger partial charge in [0.15, 0.2) is 12.3 Å². The van der Waals surface area contributed by atoms with Crippen LogP contribution in [0.5, 0.6) is 5.75 Å². The van der Waals surface area contributed by atoms with E-state index in [1.165, 1.54) is 0 Å². The zero-order chi connectivity index (χ0) is 18.5. The Morgan fingerprint density at radius 1 is 1.12 bits per heavy atom. The zero-order valence-corrected chi connectivity index (χ0v) is 14.0. The van der Waals surface area contributed by atoms with Gasteiger partial charge in [-0.2, -0.15) is 15.4 Å². The predicted octanol–water partition coefficient (Wildman–Crippen LogP) is 1.90. The molecule has 8 heteroatoms. The Labute approximate surface area is 149 Å². The molecule has 3 aromatic rings. The highest BCUT2D eigenvalue weighted by molar-refractivity contribution is 5.97. The minimum absolute atomic E-state index is 0.00477. The normalized spacial score (nSPS) is 10.3. The first kappa shape index (κ1) is 17.2. The van der Waals surface area contributed by atoms with Gasteiger partial charge in [-0.1, -0.05) is 29.8 Å². The average molecular weight is 351 g/mol. The molecule has 3 rings (SSSR count). The Morgan fingerprint density at radius 2 is 1.85 bits per heavy atom. The molecule has 2 aromatic carbocycles. The Bertz CT molecular complexity index is 934. The number of H-pyrrole nitrogens is 1. The first-order valence-electron chi connectivity index (χ1n) is 7.84. The molecule has 0 unspecified atom stereocenters. The molecule has 0 spiro atoms. The fraction of sp³-hybridized carbons (Fsp3) is 0.111. The maximum Gasteiger partial charge on any atom is 0.271 e. The molecule has 0 aliphatic heterocycles. The molecule has 26 heavy (non-hydrogen) atoms. The van der Waals surface area contributed by atoms with Crippen LogP contribution in [0.25, 0.3) is 11.3 Å². The second-order valence-electron chi connectivity index (χ2n) is 5.58. The van der Waals surface area contributed by atoms with Crippen LogP contribution in [0.2, 0.25) is 0 Å². The van der Waals surface area contributed by atoms with E-state index in [0.717, 1.165) is 5.56 Å². The second kappa shape index (κ2) is 7.47.